The summed E-state index contributed by atoms with van der Waals surface area (Å²) in [6, 6.07) is 19.0. The van der Waals surface area contributed by atoms with Crippen LogP contribution in [0.3, 0.4) is 0 Å². The van der Waals surface area contributed by atoms with E-state index < -0.39 is 34.1 Å². The van der Waals surface area contributed by atoms with Gasteiger partial charge in [0.25, 0.3) is 10.0 Å². The van der Waals surface area contributed by atoms with Crippen molar-refractivity contribution in [1.82, 2.24) is 10.2 Å². The highest BCUT2D eigenvalue weighted by Gasteiger charge is 2.35. The van der Waals surface area contributed by atoms with Gasteiger partial charge in [-0.2, -0.15) is 0 Å². The molecule has 1 N–H and O–H groups in total. The van der Waals surface area contributed by atoms with Gasteiger partial charge in [-0.1, -0.05) is 78.2 Å². The number of nitrogens with one attached hydrogen (secondary N) is 1. The molecular weight excluding hydrogens is 569 g/mol. The van der Waals surface area contributed by atoms with Gasteiger partial charge in [0, 0.05) is 17.1 Å². The van der Waals surface area contributed by atoms with E-state index in [2.05, 4.69) is 5.32 Å². The zero-order valence-electron chi connectivity index (χ0n) is 23.3. The highest BCUT2D eigenvalue weighted by Crippen LogP contribution is 2.33. The van der Waals surface area contributed by atoms with Crippen molar-refractivity contribution in [2.24, 2.45) is 0 Å². The van der Waals surface area contributed by atoms with E-state index in [0.717, 1.165) is 15.4 Å². The van der Waals surface area contributed by atoms with E-state index in [1.54, 1.807) is 18.2 Å². The molecule has 0 heterocycles. The molecule has 3 aromatic carbocycles. The summed E-state index contributed by atoms with van der Waals surface area (Å²) in [5.74, 6) is -0.887. The van der Waals surface area contributed by atoms with Crippen molar-refractivity contribution >= 4 is 50.7 Å². The summed E-state index contributed by atoms with van der Waals surface area (Å²) in [5, 5.41) is 3.32. The lowest BCUT2D eigenvalue weighted by Gasteiger charge is -2.35. The van der Waals surface area contributed by atoms with Crippen LogP contribution in [0, 0.1) is 6.92 Å². The summed E-state index contributed by atoms with van der Waals surface area (Å²) in [7, 11) is -4.24. The fourth-order valence-corrected chi connectivity index (χ4v) is 6.17. The largest absolute Gasteiger partial charge is 0.350 e. The van der Waals surface area contributed by atoms with Crippen LogP contribution in [0.1, 0.15) is 45.2 Å². The minimum absolute atomic E-state index is 0.0124. The normalized spacial score (nSPS) is 12.5. The maximum atomic E-state index is 14.1. The molecule has 0 aliphatic rings. The van der Waals surface area contributed by atoms with Crippen LogP contribution < -0.4 is 9.62 Å². The van der Waals surface area contributed by atoms with E-state index in [0.29, 0.717) is 6.42 Å². The predicted octanol–water partition coefficient (Wildman–Crippen LogP) is 6.22. The summed E-state index contributed by atoms with van der Waals surface area (Å²) in [4.78, 5) is 28.9. The van der Waals surface area contributed by atoms with Crippen molar-refractivity contribution in [2.75, 3.05) is 10.8 Å². The number of aryl methyl sites for hydroxylation is 1. The van der Waals surface area contributed by atoms with Crippen LogP contribution in [0.4, 0.5) is 5.69 Å². The lowest BCUT2D eigenvalue weighted by molar-refractivity contribution is -0.141. The molecule has 214 valence electrons. The number of nitrogens with zero attached hydrogens (tertiary/aromatic N) is 2. The lowest BCUT2D eigenvalue weighted by atomic mass is 10.0. The molecule has 40 heavy (non-hydrogen) atoms. The number of rotatable bonds is 10. The van der Waals surface area contributed by atoms with E-state index in [4.69, 9.17) is 23.2 Å². The number of hydrogen-bond acceptors (Lipinski definition) is 4. The first kappa shape index (κ1) is 31.5. The first-order chi connectivity index (χ1) is 18.7. The highest BCUT2D eigenvalue weighted by atomic mass is 35.5. The molecule has 1 atom stereocenters. The average Bonchev–Trinajstić information content (AvgIpc) is 2.88. The van der Waals surface area contributed by atoms with Gasteiger partial charge in [-0.05, 0) is 70.0 Å². The Kier molecular flexibility index (Phi) is 10.3. The number of sulfonamides is 1. The van der Waals surface area contributed by atoms with Crippen molar-refractivity contribution in [2.45, 2.75) is 64.1 Å². The quantitative estimate of drug-likeness (QED) is 0.298. The molecule has 3 rings (SSSR count). The van der Waals surface area contributed by atoms with Crippen molar-refractivity contribution < 1.29 is 18.0 Å². The van der Waals surface area contributed by atoms with E-state index in [-0.39, 0.29) is 33.1 Å². The third kappa shape index (κ3) is 7.99. The van der Waals surface area contributed by atoms with Gasteiger partial charge < -0.3 is 10.2 Å². The number of hydrogen-bond donors (Lipinski definition) is 1. The fraction of sp³-hybridized carbons (Fsp3) is 0.333. The minimum atomic E-state index is -4.24. The Morgan fingerprint density at radius 1 is 0.950 bits per heavy atom. The highest BCUT2D eigenvalue weighted by molar-refractivity contribution is 7.92. The van der Waals surface area contributed by atoms with Crippen LogP contribution in [-0.2, 0) is 26.2 Å². The summed E-state index contributed by atoms with van der Waals surface area (Å²) in [5.41, 5.74) is 1.35. The van der Waals surface area contributed by atoms with Gasteiger partial charge in [0.15, 0.2) is 0 Å². The number of halogens is 2. The molecule has 10 heteroatoms. The lowest BCUT2D eigenvalue weighted by Crippen LogP contribution is -2.55. The van der Waals surface area contributed by atoms with Crippen molar-refractivity contribution in [3.05, 3.63) is 94.0 Å². The number of carbonyl (C=O) groups is 2. The zero-order valence-corrected chi connectivity index (χ0v) is 25.6. The fourth-order valence-electron chi connectivity index (χ4n) is 4.29. The molecule has 0 fully saturated rings. The van der Waals surface area contributed by atoms with Gasteiger partial charge in [0.05, 0.1) is 15.6 Å². The van der Waals surface area contributed by atoms with Crippen LogP contribution in [0.5, 0.6) is 0 Å². The Morgan fingerprint density at radius 3 is 2.23 bits per heavy atom. The molecule has 0 saturated heterocycles. The second-order valence-corrected chi connectivity index (χ2v) is 13.3. The summed E-state index contributed by atoms with van der Waals surface area (Å²) >= 11 is 12.7. The molecule has 0 aliphatic heterocycles. The Morgan fingerprint density at radius 2 is 1.62 bits per heavy atom. The third-order valence-corrected chi connectivity index (χ3v) is 8.44. The van der Waals surface area contributed by atoms with Gasteiger partial charge in [0.1, 0.15) is 12.6 Å². The molecule has 0 aromatic heterocycles. The van der Waals surface area contributed by atoms with Crippen LogP contribution in [0.2, 0.25) is 10.0 Å². The van der Waals surface area contributed by atoms with Gasteiger partial charge in [0.2, 0.25) is 11.8 Å². The smallest absolute Gasteiger partial charge is 0.264 e. The number of amides is 2. The average molecular weight is 605 g/mol. The van der Waals surface area contributed by atoms with E-state index >= 15 is 0 Å². The third-order valence-electron chi connectivity index (χ3n) is 6.11. The molecule has 0 bridgehead atoms. The van der Waals surface area contributed by atoms with Crippen LogP contribution in [0.15, 0.2) is 77.7 Å². The van der Waals surface area contributed by atoms with Gasteiger partial charge in [-0.25, -0.2) is 8.42 Å². The molecule has 0 saturated carbocycles. The molecular formula is C30H35Cl2N3O4S. The number of benzene rings is 3. The molecule has 0 radical (unpaired) electrons. The number of anilines is 1. The van der Waals surface area contributed by atoms with Gasteiger partial charge in [-0.3, -0.25) is 13.9 Å². The SMILES string of the molecule is CC[C@H](C(=O)NC(C)(C)C)N(Cc1cccc(C)c1)C(=O)CN(c1cc(Cl)ccc1Cl)S(=O)(=O)c1ccccc1. The molecule has 0 unspecified atom stereocenters. The predicted molar refractivity (Wildman–Crippen MR) is 161 cm³/mol. The maximum Gasteiger partial charge on any atom is 0.264 e. The zero-order chi connectivity index (χ0) is 29.7. The topological polar surface area (TPSA) is 86.8 Å². The molecule has 3 aromatic rings. The van der Waals surface area contributed by atoms with Crippen LogP contribution in [0.25, 0.3) is 0 Å². The molecule has 7 nitrogen and oxygen atoms in total. The second-order valence-electron chi connectivity index (χ2n) is 10.6. The van der Waals surface area contributed by atoms with Gasteiger partial charge >= 0.3 is 0 Å². The van der Waals surface area contributed by atoms with Crippen molar-refractivity contribution in [1.29, 1.82) is 0 Å². The Bertz CT molecular complexity index is 1460. The Balaban J connectivity index is 2.11. The Labute approximate surface area is 247 Å². The van der Waals surface area contributed by atoms with E-state index in [9.17, 15) is 18.0 Å². The monoisotopic (exact) mass is 603 g/mol. The summed E-state index contributed by atoms with van der Waals surface area (Å²) in [6.07, 6.45) is 0.322. The second kappa shape index (κ2) is 13.1. The van der Waals surface area contributed by atoms with Crippen LogP contribution in [-0.4, -0.2) is 43.3 Å². The minimum Gasteiger partial charge on any atom is -0.350 e. The van der Waals surface area contributed by atoms with Gasteiger partial charge in [-0.15, -0.1) is 0 Å². The summed E-state index contributed by atoms with van der Waals surface area (Å²) in [6.45, 7) is 8.85. The maximum absolute atomic E-state index is 14.1. The van der Waals surface area contributed by atoms with Crippen molar-refractivity contribution in [3.8, 4) is 0 Å². The standard InChI is InChI=1S/C30H35Cl2N3O4S/c1-6-26(29(37)33-30(3,4)5)34(19-22-12-10-11-21(2)17-22)28(36)20-35(27-18-23(31)15-16-25(27)32)40(38,39)24-13-8-7-9-14-24/h7-18,26H,6,19-20H2,1-5H3,(H,33,37)/t26-/m1/s1. The van der Waals surface area contributed by atoms with E-state index in [1.807, 2.05) is 58.9 Å². The number of carbonyl (C=O) groups excluding carboxylic acids is 2. The molecule has 2 amide bonds. The van der Waals surface area contributed by atoms with E-state index in [1.165, 1.54) is 35.2 Å². The summed E-state index contributed by atoms with van der Waals surface area (Å²) < 4.78 is 28.7. The first-order valence-corrected chi connectivity index (χ1v) is 15.1. The molecule has 0 spiro atoms. The first-order valence-electron chi connectivity index (χ1n) is 12.9. The Hall–Kier alpha value is -3.07. The van der Waals surface area contributed by atoms with Crippen molar-refractivity contribution in [3.63, 3.8) is 0 Å². The molecule has 0 aliphatic carbocycles. The van der Waals surface area contributed by atoms with Crippen LogP contribution >= 0.6 is 23.2 Å².